The molecule has 0 radical (unpaired) electrons. The molecule has 0 unspecified atom stereocenters. The van der Waals surface area contributed by atoms with Gasteiger partial charge in [-0.2, -0.15) is 26.3 Å². The minimum Gasteiger partial charge on any atom is -0.453 e. The molecule has 0 fully saturated rings. The molecule has 0 saturated carbocycles. The molecule has 0 bridgehead atoms. The minimum absolute atomic E-state index is 0.000367. The van der Waals surface area contributed by atoms with E-state index in [1.165, 1.54) is 72.8 Å². The Bertz CT molecular complexity index is 5970. The second-order valence-corrected chi connectivity index (χ2v) is 26.5. The van der Waals surface area contributed by atoms with Crippen molar-refractivity contribution < 1.29 is 79.8 Å². The standard InChI is InChI=1S/C23H20F3N3O.C21H15F3N2O.C20H11Cl2F3N2O2.C20H12ClF3N2O2/c1-29(2)14-18-21(15-8-4-3-5-9-15)28-22(27-18)20-13-12-19(30-20)16-10-6-7-11-17(16)23(24,25)26;1-13-6-2-3-7-14(13)17-12-25-20(26-17)19-11-10-18(27-19)15-8-4-5-9-16(15)21(22,23)24;21-11-5-6-12(14(22)9-11)15-10-26-19(27-15)18-8-7-16(28-18)13-3-1-2-4-17(13)29-20(23,24)25;21-14-7-3-1-5-12(14)15-11-25-19(26-15)18-10-9-16(27-18)13-6-2-4-8-17(13)28-20(22,23)24/h3-13H,14H2,1-2H3,(H,27,28);2-12H,1H3,(H,25,26);1-10H,(H,26,27);1-11H,(H,25,26). The molecule has 0 aliphatic carbocycles. The summed E-state index contributed by atoms with van der Waals surface area (Å²) in [6.07, 6.45) is -13.6. The Labute approximate surface area is 655 Å². The van der Waals surface area contributed by atoms with E-state index in [4.69, 9.17) is 52.5 Å². The third-order valence-corrected chi connectivity index (χ3v) is 17.8. The normalized spacial score (nSPS) is 11.7. The number of aromatic amines is 4. The van der Waals surface area contributed by atoms with Gasteiger partial charge in [0.1, 0.15) is 34.5 Å². The summed E-state index contributed by atoms with van der Waals surface area (Å²) in [5.74, 6) is 3.26. The zero-order chi connectivity index (χ0) is 80.6. The Morgan fingerprint density at radius 2 is 0.719 bits per heavy atom. The van der Waals surface area contributed by atoms with Gasteiger partial charge in [-0.3, -0.25) is 0 Å². The number of halogens is 15. The molecular formula is C84H58Cl3F12N9O6. The number of nitrogens with one attached hydrogen (secondary N) is 4. The lowest BCUT2D eigenvalue weighted by atomic mass is 10.1. The summed E-state index contributed by atoms with van der Waals surface area (Å²) in [6, 6.07) is 64.8. The summed E-state index contributed by atoms with van der Waals surface area (Å²) >= 11 is 18.3. The zero-order valence-corrected chi connectivity index (χ0v) is 61.7. The molecule has 114 heavy (non-hydrogen) atoms. The highest BCUT2D eigenvalue weighted by Crippen LogP contribution is 2.44. The van der Waals surface area contributed by atoms with Crippen LogP contribution in [0.1, 0.15) is 22.4 Å². The molecule has 0 atom stereocenters. The van der Waals surface area contributed by atoms with Crippen molar-refractivity contribution in [3.05, 3.63) is 299 Å². The van der Waals surface area contributed by atoms with Crippen molar-refractivity contribution in [1.29, 1.82) is 0 Å². The Balaban J connectivity index is 0.000000133. The fourth-order valence-corrected chi connectivity index (χ4v) is 12.6. The van der Waals surface area contributed by atoms with Gasteiger partial charge >= 0.3 is 25.1 Å². The van der Waals surface area contributed by atoms with Crippen LogP contribution in [0, 0.1) is 6.92 Å². The van der Waals surface area contributed by atoms with E-state index in [0.717, 1.165) is 51.5 Å². The highest BCUT2D eigenvalue weighted by Gasteiger charge is 2.37. The summed E-state index contributed by atoms with van der Waals surface area (Å²) in [5.41, 5.74) is 7.25. The van der Waals surface area contributed by atoms with Crippen molar-refractivity contribution >= 4 is 34.8 Å². The highest BCUT2D eigenvalue weighted by molar-refractivity contribution is 6.36. The maximum Gasteiger partial charge on any atom is 0.573 e. The van der Waals surface area contributed by atoms with Gasteiger partial charge < -0.3 is 52.0 Å². The first kappa shape index (κ1) is 79.4. The third kappa shape index (κ3) is 19.2. The van der Waals surface area contributed by atoms with E-state index in [9.17, 15) is 52.7 Å². The molecule has 4 N–H and O–H groups in total. The van der Waals surface area contributed by atoms with Gasteiger partial charge in [0.25, 0.3) is 0 Å². The topological polar surface area (TPSA) is 189 Å². The Hall–Kier alpha value is -12.7. The van der Waals surface area contributed by atoms with Crippen LogP contribution in [0.3, 0.4) is 0 Å². The molecule has 15 nitrogen and oxygen atoms in total. The van der Waals surface area contributed by atoms with Gasteiger partial charge in [0, 0.05) is 50.0 Å². The number of H-pyrrole nitrogens is 4. The summed E-state index contributed by atoms with van der Waals surface area (Å²) in [5, 5.41) is 1.52. The molecule has 8 aromatic heterocycles. The maximum atomic E-state index is 13.4. The minimum atomic E-state index is -4.81. The van der Waals surface area contributed by atoms with E-state index in [1.54, 1.807) is 104 Å². The lowest BCUT2D eigenvalue weighted by Crippen LogP contribution is -2.17. The molecule has 0 amide bonds. The van der Waals surface area contributed by atoms with Crippen LogP contribution in [-0.4, -0.2) is 71.6 Å². The lowest BCUT2D eigenvalue weighted by Gasteiger charge is -2.11. The van der Waals surface area contributed by atoms with Gasteiger partial charge in [-0.1, -0.05) is 168 Å². The number of ether oxygens (including phenoxy) is 2. The number of furan rings is 4. The van der Waals surface area contributed by atoms with E-state index < -0.39 is 36.2 Å². The highest BCUT2D eigenvalue weighted by atomic mass is 35.5. The number of imidazole rings is 4. The number of hydrogen-bond donors (Lipinski definition) is 4. The quantitative estimate of drug-likeness (QED) is 0.0674. The van der Waals surface area contributed by atoms with Crippen molar-refractivity contribution in [2.24, 2.45) is 0 Å². The van der Waals surface area contributed by atoms with Crippen molar-refractivity contribution in [1.82, 2.24) is 44.8 Å². The third-order valence-electron chi connectivity index (χ3n) is 17.0. The van der Waals surface area contributed by atoms with Gasteiger partial charge in [0.2, 0.25) is 0 Å². The molecule has 0 spiro atoms. The first-order valence-corrected chi connectivity index (χ1v) is 35.2. The Morgan fingerprint density at radius 1 is 0.360 bits per heavy atom. The molecule has 8 aromatic carbocycles. The van der Waals surface area contributed by atoms with Gasteiger partial charge in [-0.25, -0.2) is 19.9 Å². The number of para-hydroxylation sites is 2. The van der Waals surface area contributed by atoms with Crippen LogP contribution in [0.5, 0.6) is 11.5 Å². The first-order chi connectivity index (χ1) is 54.5. The van der Waals surface area contributed by atoms with E-state index >= 15 is 0 Å². The van der Waals surface area contributed by atoms with Crippen LogP contribution in [0.4, 0.5) is 52.7 Å². The maximum absolute atomic E-state index is 13.4. The molecule has 16 rings (SSSR count). The number of nitrogens with zero attached hydrogens (tertiary/aromatic N) is 5. The number of benzene rings is 8. The average molecular weight is 1620 g/mol. The van der Waals surface area contributed by atoms with Crippen molar-refractivity contribution in [2.45, 2.75) is 38.5 Å². The fourth-order valence-electron chi connectivity index (χ4n) is 11.9. The number of alkyl halides is 12. The second-order valence-electron chi connectivity index (χ2n) is 25.2. The fraction of sp³-hybridized carbons (Fsp3) is 0.0952. The average Bonchev–Trinajstić information content (AvgIpc) is 1.63. The van der Waals surface area contributed by atoms with Crippen LogP contribution in [0.2, 0.25) is 15.1 Å². The number of aryl methyl sites for hydroxylation is 1. The number of rotatable bonds is 16. The largest absolute Gasteiger partial charge is 0.573 e. The van der Waals surface area contributed by atoms with Crippen molar-refractivity contribution in [3.63, 3.8) is 0 Å². The summed E-state index contributed by atoms with van der Waals surface area (Å²) in [4.78, 5) is 32.2. The smallest absolute Gasteiger partial charge is 0.453 e. The van der Waals surface area contributed by atoms with Crippen LogP contribution < -0.4 is 9.47 Å². The summed E-state index contributed by atoms with van der Waals surface area (Å²) < 4.78 is 187. The van der Waals surface area contributed by atoms with Crippen LogP contribution in [0.15, 0.2) is 279 Å². The van der Waals surface area contributed by atoms with Crippen LogP contribution >= 0.6 is 34.8 Å². The van der Waals surface area contributed by atoms with Gasteiger partial charge in [0.15, 0.2) is 46.3 Å². The Morgan fingerprint density at radius 3 is 1.14 bits per heavy atom. The monoisotopic (exact) mass is 1620 g/mol. The zero-order valence-electron chi connectivity index (χ0n) is 59.4. The lowest BCUT2D eigenvalue weighted by molar-refractivity contribution is -0.275. The van der Waals surface area contributed by atoms with Crippen molar-refractivity contribution in [3.8, 4) is 148 Å². The molecule has 0 aliphatic rings. The van der Waals surface area contributed by atoms with Gasteiger partial charge in [0.05, 0.1) is 74.3 Å². The van der Waals surface area contributed by atoms with Crippen LogP contribution in [-0.2, 0) is 18.9 Å². The van der Waals surface area contributed by atoms with E-state index in [2.05, 4.69) is 49.3 Å². The van der Waals surface area contributed by atoms with Crippen LogP contribution in [0.25, 0.3) is 137 Å². The van der Waals surface area contributed by atoms with Gasteiger partial charge in [-0.05, 0) is 136 Å². The van der Waals surface area contributed by atoms with Crippen molar-refractivity contribution in [2.75, 3.05) is 14.1 Å². The molecule has 580 valence electrons. The predicted molar refractivity (Wildman–Crippen MR) is 409 cm³/mol. The SMILES string of the molecule is CN(C)Cc1[nH]c(-c2ccc(-c3ccccc3C(F)(F)F)o2)nc1-c1ccccc1.Cc1ccccc1-c1cnc(-c2ccc(-c3ccccc3C(F)(F)F)o2)[nH]1.FC(F)(F)Oc1ccccc1-c1ccc(-c2ncc(-c3ccc(Cl)cc3Cl)[nH]2)o1.FC(F)(F)Oc1ccccc1-c1ccc(-c2ncc(-c3ccccc3Cl)[nH]2)o1. The van der Waals surface area contributed by atoms with E-state index in [0.29, 0.717) is 84.9 Å². The van der Waals surface area contributed by atoms with E-state index in [-0.39, 0.29) is 56.8 Å². The summed E-state index contributed by atoms with van der Waals surface area (Å²) in [7, 11) is 3.91. The molecule has 8 heterocycles. The molecule has 0 aliphatic heterocycles. The predicted octanol–water partition coefficient (Wildman–Crippen LogP) is 26.2. The molecule has 16 aromatic rings. The van der Waals surface area contributed by atoms with Gasteiger partial charge in [-0.15, -0.1) is 26.3 Å². The second kappa shape index (κ2) is 33.7. The number of hydrogen-bond acceptors (Lipinski definition) is 11. The molecule has 30 heteroatoms. The first-order valence-electron chi connectivity index (χ1n) is 34.1. The molecule has 0 saturated heterocycles. The Kier molecular flexibility index (Phi) is 23.5. The summed E-state index contributed by atoms with van der Waals surface area (Å²) in [6.45, 7) is 2.62. The number of aromatic nitrogens is 8. The van der Waals surface area contributed by atoms with E-state index in [1.807, 2.05) is 98.7 Å². The molecular weight excluding hydrogens is 1570 g/mol.